The van der Waals surface area contributed by atoms with Gasteiger partial charge >= 0.3 is 0 Å². The minimum atomic E-state index is -1.14. The van der Waals surface area contributed by atoms with Gasteiger partial charge in [-0.2, -0.15) is 0 Å². The molecule has 5 N–H and O–H groups in total. The van der Waals surface area contributed by atoms with Crippen LogP contribution in [0.25, 0.3) is 0 Å². The van der Waals surface area contributed by atoms with Crippen molar-refractivity contribution in [2.24, 2.45) is 0 Å². The van der Waals surface area contributed by atoms with E-state index in [0.717, 1.165) is 49.5 Å². The van der Waals surface area contributed by atoms with Crippen molar-refractivity contribution in [1.82, 2.24) is 19.7 Å². The summed E-state index contributed by atoms with van der Waals surface area (Å²) in [7, 11) is -1.14. The summed E-state index contributed by atoms with van der Waals surface area (Å²) in [6, 6.07) is 10.7. The van der Waals surface area contributed by atoms with E-state index in [1.54, 1.807) is 18.5 Å². The van der Waals surface area contributed by atoms with E-state index in [2.05, 4.69) is 48.8 Å². The summed E-state index contributed by atoms with van der Waals surface area (Å²) >= 11 is 7.62. The third-order valence-electron chi connectivity index (χ3n) is 7.55. The first-order valence-corrected chi connectivity index (χ1v) is 15.1. The summed E-state index contributed by atoms with van der Waals surface area (Å²) in [5, 5.41) is 0.956. The van der Waals surface area contributed by atoms with Gasteiger partial charge in [-0.3, -0.25) is 0 Å². The smallest absolute Gasteiger partial charge is 0.158 e. The zero-order valence-electron chi connectivity index (χ0n) is 21.9. The zero-order valence-corrected chi connectivity index (χ0v) is 24.3. The molecule has 2 atom stereocenters. The molecule has 202 valence electrons. The lowest BCUT2D eigenvalue weighted by atomic mass is 9.62. The Morgan fingerprint density at radius 1 is 1.13 bits per heavy atom. The standard InChI is InChI=1S/C27H34ClN7OS2/c1-26(2,3)38(36)34-20-9-8-17-6-4-5-7-18(17)27(20)11-14-35(15-12-27)21-16-32-25(24(30)33-21)37-19-10-13-31-23(29)22(19)28/h4-7,10,13,16,20,34H,8-9,11-12,14-15H2,1-3H3,(H2,29,31)(H2,30,33)/t20-,38-/m1/s1. The Hall–Kier alpha value is -2.40. The van der Waals surface area contributed by atoms with Crippen LogP contribution in [0, 0.1) is 0 Å². The Bertz CT molecular complexity index is 1360. The van der Waals surface area contributed by atoms with Gasteiger partial charge in [-0.1, -0.05) is 47.6 Å². The minimum Gasteiger partial charge on any atom is -0.382 e. The number of hydrogen-bond donors (Lipinski definition) is 3. The van der Waals surface area contributed by atoms with E-state index in [-0.39, 0.29) is 22.0 Å². The molecule has 1 aliphatic carbocycles. The lowest BCUT2D eigenvalue weighted by molar-refractivity contribution is 0.233. The number of nitrogens with zero attached hydrogens (tertiary/aromatic N) is 4. The summed E-state index contributed by atoms with van der Waals surface area (Å²) in [6.07, 6.45) is 7.19. The molecular weight excluding hydrogens is 538 g/mol. The molecule has 0 unspecified atom stereocenters. The van der Waals surface area contributed by atoms with E-state index in [1.807, 2.05) is 20.8 Å². The van der Waals surface area contributed by atoms with Crippen LogP contribution in [0.1, 0.15) is 51.2 Å². The highest BCUT2D eigenvalue weighted by atomic mass is 35.5. The molecule has 3 aromatic rings. The number of halogens is 1. The van der Waals surface area contributed by atoms with Gasteiger partial charge in [-0.15, -0.1) is 0 Å². The van der Waals surface area contributed by atoms with Crippen molar-refractivity contribution >= 4 is 51.8 Å². The van der Waals surface area contributed by atoms with Crippen LogP contribution < -0.4 is 21.1 Å². The molecule has 1 spiro atoms. The first-order chi connectivity index (χ1) is 18.1. The van der Waals surface area contributed by atoms with Crippen LogP contribution in [0.5, 0.6) is 0 Å². The topological polar surface area (TPSA) is 123 Å². The van der Waals surface area contributed by atoms with Gasteiger partial charge in [-0.05, 0) is 63.6 Å². The number of benzene rings is 1. The molecule has 1 saturated heterocycles. The quantitative estimate of drug-likeness (QED) is 0.401. The van der Waals surface area contributed by atoms with Crippen LogP contribution in [0.3, 0.4) is 0 Å². The van der Waals surface area contributed by atoms with E-state index in [0.29, 0.717) is 15.9 Å². The molecule has 5 rings (SSSR count). The number of aryl methyl sites for hydroxylation is 1. The van der Waals surface area contributed by atoms with Gasteiger partial charge in [0, 0.05) is 35.6 Å². The highest BCUT2D eigenvalue weighted by molar-refractivity contribution is 7.99. The van der Waals surface area contributed by atoms with Crippen molar-refractivity contribution in [1.29, 1.82) is 0 Å². The number of nitrogens with one attached hydrogen (secondary N) is 1. The van der Waals surface area contributed by atoms with Crippen molar-refractivity contribution in [3.63, 3.8) is 0 Å². The average Bonchev–Trinajstić information content (AvgIpc) is 2.89. The molecule has 2 aliphatic rings. The molecule has 3 heterocycles. The van der Waals surface area contributed by atoms with Gasteiger partial charge < -0.3 is 16.4 Å². The van der Waals surface area contributed by atoms with E-state index in [1.165, 1.54) is 22.9 Å². The third kappa shape index (κ3) is 5.23. The van der Waals surface area contributed by atoms with E-state index in [9.17, 15) is 4.21 Å². The molecule has 8 nitrogen and oxygen atoms in total. The SMILES string of the molecule is CC(C)(C)[S@@](=O)N[C@@H]1CCc2ccccc2C12CCN(c1cnc(Sc3ccnc(N)c3Cl)c(N)n1)CC2. The van der Waals surface area contributed by atoms with Crippen LogP contribution in [0.2, 0.25) is 5.02 Å². The lowest BCUT2D eigenvalue weighted by Gasteiger charge is -2.50. The van der Waals surface area contributed by atoms with Gasteiger partial charge in [0.25, 0.3) is 0 Å². The first kappa shape index (κ1) is 27.2. The molecule has 2 aromatic heterocycles. The van der Waals surface area contributed by atoms with E-state index in [4.69, 9.17) is 23.1 Å². The molecule has 1 aliphatic heterocycles. The number of nitrogen functional groups attached to an aromatic ring is 2. The Morgan fingerprint density at radius 2 is 1.87 bits per heavy atom. The number of hydrogen-bond acceptors (Lipinski definition) is 8. The Labute approximate surface area is 235 Å². The minimum absolute atomic E-state index is 0.0843. The van der Waals surface area contributed by atoms with Crippen LogP contribution in [-0.4, -0.2) is 43.0 Å². The van der Waals surface area contributed by atoms with Gasteiger partial charge in [0.1, 0.15) is 16.7 Å². The van der Waals surface area contributed by atoms with E-state index >= 15 is 0 Å². The number of rotatable bonds is 5. The van der Waals surface area contributed by atoms with Crippen LogP contribution in [0.4, 0.5) is 17.5 Å². The number of fused-ring (bicyclic) bond motifs is 2. The second-order valence-corrected chi connectivity index (χ2v) is 14.3. The number of piperidine rings is 1. The number of aromatic nitrogens is 3. The highest BCUT2D eigenvalue weighted by Crippen LogP contribution is 2.46. The summed E-state index contributed by atoms with van der Waals surface area (Å²) in [5.74, 6) is 1.38. The zero-order chi connectivity index (χ0) is 27.1. The van der Waals surface area contributed by atoms with Gasteiger partial charge in [0.15, 0.2) is 5.82 Å². The average molecular weight is 572 g/mol. The van der Waals surface area contributed by atoms with Crippen molar-refractivity contribution in [2.75, 3.05) is 29.5 Å². The fraction of sp³-hybridized carbons (Fsp3) is 0.444. The number of nitrogens with two attached hydrogens (primary N) is 2. The molecular formula is C27H34ClN7OS2. The Kier molecular flexibility index (Phi) is 7.61. The Morgan fingerprint density at radius 3 is 2.58 bits per heavy atom. The largest absolute Gasteiger partial charge is 0.382 e. The first-order valence-electron chi connectivity index (χ1n) is 12.8. The fourth-order valence-electron chi connectivity index (χ4n) is 5.46. The van der Waals surface area contributed by atoms with Crippen LogP contribution in [-0.2, 0) is 22.8 Å². The van der Waals surface area contributed by atoms with Crippen molar-refractivity contribution in [3.8, 4) is 0 Å². The van der Waals surface area contributed by atoms with Gasteiger partial charge in [0.2, 0.25) is 0 Å². The predicted octanol–water partition coefficient (Wildman–Crippen LogP) is 4.75. The summed E-state index contributed by atoms with van der Waals surface area (Å²) in [6.45, 7) is 7.67. The lowest BCUT2D eigenvalue weighted by Crippen LogP contribution is -2.58. The monoisotopic (exact) mass is 571 g/mol. The van der Waals surface area contributed by atoms with E-state index < -0.39 is 11.0 Å². The highest BCUT2D eigenvalue weighted by Gasteiger charge is 2.47. The molecule has 38 heavy (non-hydrogen) atoms. The molecule has 0 radical (unpaired) electrons. The van der Waals surface area contributed by atoms with Crippen LogP contribution in [0.15, 0.2) is 52.6 Å². The molecule has 11 heteroatoms. The molecule has 1 aromatic carbocycles. The summed E-state index contributed by atoms with van der Waals surface area (Å²) < 4.78 is 16.4. The number of anilines is 3. The van der Waals surface area contributed by atoms with Gasteiger partial charge in [0.05, 0.1) is 27.0 Å². The predicted molar refractivity (Wildman–Crippen MR) is 157 cm³/mol. The molecule has 1 fully saturated rings. The second kappa shape index (κ2) is 10.6. The van der Waals surface area contributed by atoms with Gasteiger partial charge in [-0.25, -0.2) is 23.9 Å². The summed E-state index contributed by atoms with van der Waals surface area (Å²) in [4.78, 5) is 16.3. The third-order valence-corrected chi connectivity index (χ3v) is 10.7. The van der Waals surface area contributed by atoms with Crippen molar-refractivity contribution in [3.05, 3.63) is 58.9 Å². The van der Waals surface area contributed by atoms with Crippen molar-refractivity contribution in [2.45, 2.75) is 72.6 Å². The second-order valence-electron chi connectivity index (χ2n) is 10.9. The molecule has 0 bridgehead atoms. The summed E-state index contributed by atoms with van der Waals surface area (Å²) in [5.41, 5.74) is 14.9. The van der Waals surface area contributed by atoms with Crippen molar-refractivity contribution < 1.29 is 4.21 Å². The maximum atomic E-state index is 13.1. The number of pyridine rings is 1. The Balaban J connectivity index is 1.36. The fourth-order valence-corrected chi connectivity index (χ4v) is 7.43. The molecule has 0 amide bonds. The molecule has 0 saturated carbocycles. The maximum Gasteiger partial charge on any atom is 0.158 e. The maximum absolute atomic E-state index is 13.1. The normalized spacial score (nSPS) is 19.8. The van der Waals surface area contributed by atoms with Crippen LogP contribution >= 0.6 is 23.4 Å².